The Bertz CT molecular complexity index is 1190. The van der Waals surface area contributed by atoms with Crippen molar-refractivity contribution in [2.24, 2.45) is 10.9 Å². The third-order valence-corrected chi connectivity index (χ3v) is 6.54. The molecule has 178 valence electrons. The number of benzene rings is 1. The normalized spacial score (nSPS) is 18.1. The maximum Gasteiger partial charge on any atom is 0.325 e. The van der Waals surface area contributed by atoms with E-state index in [9.17, 15) is 4.39 Å². The Morgan fingerprint density at radius 3 is 2.59 bits per heavy atom. The van der Waals surface area contributed by atoms with Crippen LogP contribution in [0, 0.1) is 11.7 Å². The molecule has 0 amide bonds. The van der Waals surface area contributed by atoms with Crippen molar-refractivity contribution in [3.63, 3.8) is 0 Å². The molecular weight excluding hydrogens is 431 g/mol. The van der Waals surface area contributed by atoms with Crippen LogP contribution in [-0.2, 0) is 6.42 Å². The second-order valence-corrected chi connectivity index (χ2v) is 9.63. The van der Waals surface area contributed by atoms with Crippen LogP contribution in [-0.4, -0.2) is 60.5 Å². The summed E-state index contributed by atoms with van der Waals surface area (Å²) in [5.41, 5.74) is 3.99. The van der Waals surface area contributed by atoms with E-state index in [1.54, 1.807) is 0 Å². The Labute approximate surface area is 200 Å². The third-order valence-electron chi connectivity index (χ3n) is 6.54. The van der Waals surface area contributed by atoms with Crippen molar-refractivity contribution in [3.05, 3.63) is 52.4 Å². The van der Waals surface area contributed by atoms with Gasteiger partial charge in [0, 0.05) is 38.3 Å². The molecule has 1 fully saturated rings. The van der Waals surface area contributed by atoms with Crippen molar-refractivity contribution < 1.29 is 9.13 Å². The fraction of sp³-hybridized carbons (Fsp3) is 0.423. The fourth-order valence-corrected chi connectivity index (χ4v) is 4.43. The van der Waals surface area contributed by atoms with E-state index in [1.165, 1.54) is 11.6 Å². The number of likely N-dealkylation sites (N-methyl/N-ethyl adjacent to an activating group) is 1. The summed E-state index contributed by atoms with van der Waals surface area (Å²) in [5.74, 6) is 2.74. The Morgan fingerprint density at radius 2 is 1.85 bits per heavy atom. The van der Waals surface area contributed by atoms with Crippen LogP contribution in [0.15, 0.2) is 40.4 Å². The smallest absolute Gasteiger partial charge is 0.325 e. The molecule has 0 radical (unpaired) electrons. The molecule has 0 spiro atoms. The number of nitrogens with one attached hydrogen (secondary N) is 1. The molecule has 1 aromatic heterocycles. The van der Waals surface area contributed by atoms with E-state index in [-0.39, 0.29) is 11.8 Å². The second-order valence-electron chi connectivity index (χ2n) is 9.63. The summed E-state index contributed by atoms with van der Waals surface area (Å²) in [4.78, 5) is 18.4. The predicted octanol–water partition coefficient (Wildman–Crippen LogP) is 4.53. The van der Waals surface area contributed by atoms with E-state index in [2.05, 4.69) is 57.0 Å². The number of halogens is 1. The first-order chi connectivity index (χ1) is 16.3. The van der Waals surface area contributed by atoms with Gasteiger partial charge in [0.25, 0.3) is 0 Å². The molecule has 2 aliphatic heterocycles. The lowest BCUT2D eigenvalue weighted by atomic mass is 10.0. The molecule has 34 heavy (non-hydrogen) atoms. The van der Waals surface area contributed by atoms with Gasteiger partial charge in [-0.1, -0.05) is 25.5 Å². The van der Waals surface area contributed by atoms with Crippen molar-refractivity contribution in [2.75, 3.05) is 50.0 Å². The number of ether oxygens (including phenoxy) is 1. The van der Waals surface area contributed by atoms with Crippen molar-refractivity contribution in [2.45, 2.75) is 27.2 Å². The van der Waals surface area contributed by atoms with Gasteiger partial charge in [-0.3, -0.25) is 4.99 Å². The number of anilines is 2. The molecule has 1 N–H and O–H groups in total. The van der Waals surface area contributed by atoms with E-state index < -0.39 is 0 Å². The van der Waals surface area contributed by atoms with Crippen LogP contribution < -0.4 is 15.0 Å². The molecule has 3 heterocycles. The average Bonchev–Trinajstić information content (AvgIpc) is 3.40. The average molecular weight is 463 g/mol. The molecule has 5 rings (SSSR count). The molecule has 7 nitrogen and oxygen atoms in total. The van der Waals surface area contributed by atoms with Crippen molar-refractivity contribution in [1.82, 2.24) is 14.9 Å². The summed E-state index contributed by atoms with van der Waals surface area (Å²) in [6, 6.07) is 5.39. The number of aliphatic imine (C=N–C) groups is 1. The van der Waals surface area contributed by atoms with Gasteiger partial charge in [0.1, 0.15) is 29.0 Å². The molecule has 1 aromatic carbocycles. The van der Waals surface area contributed by atoms with Crippen molar-refractivity contribution in [1.29, 1.82) is 0 Å². The summed E-state index contributed by atoms with van der Waals surface area (Å²) in [5, 5.41) is 3.32. The highest BCUT2D eigenvalue weighted by molar-refractivity contribution is 6.05. The van der Waals surface area contributed by atoms with Gasteiger partial charge in [-0.25, -0.2) is 4.39 Å². The maximum absolute atomic E-state index is 14.7. The van der Waals surface area contributed by atoms with Gasteiger partial charge in [-0.15, -0.1) is 0 Å². The van der Waals surface area contributed by atoms with Crippen LogP contribution in [0.1, 0.15) is 31.9 Å². The summed E-state index contributed by atoms with van der Waals surface area (Å²) < 4.78 is 20.7. The van der Waals surface area contributed by atoms with E-state index in [4.69, 9.17) is 4.74 Å². The zero-order chi connectivity index (χ0) is 23.8. The first-order valence-corrected chi connectivity index (χ1v) is 11.9. The first kappa shape index (κ1) is 22.5. The Morgan fingerprint density at radius 1 is 1.06 bits per heavy atom. The fourth-order valence-electron chi connectivity index (χ4n) is 4.43. The topological polar surface area (TPSA) is 65.9 Å². The molecule has 8 heteroatoms. The van der Waals surface area contributed by atoms with E-state index >= 15 is 0 Å². The van der Waals surface area contributed by atoms with Crippen LogP contribution in [0.4, 0.5) is 16.0 Å². The van der Waals surface area contributed by atoms with Crippen molar-refractivity contribution in [3.8, 4) is 11.8 Å². The molecule has 3 aliphatic rings. The summed E-state index contributed by atoms with van der Waals surface area (Å²) in [7, 11) is 2.12. The lowest BCUT2D eigenvalue weighted by Crippen LogP contribution is -2.44. The summed E-state index contributed by atoms with van der Waals surface area (Å²) in [6.45, 7) is 10.7. The first-order valence-electron chi connectivity index (χ1n) is 11.9. The molecule has 2 aromatic rings. The van der Waals surface area contributed by atoms with Crippen LogP contribution >= 0.6 is 0 Å². The minimum atomic E-state index is -0.263. The van der Waals surface area contributed by atoms with Crippen LogP contribution in [0.3, 0.4) is 0 Å². The van der Waals surface area contributed by atoms with E-state index in [0.717, 1.165) is 49.0 Å². The van der Waals surface area contributed by atoms with Crippen LogP contribution in [0.25, 0.3) is 6.08 Å². The molecule has 0 atom stereocenters. The number of rotatable bonds is 5. The second kappa shape index (κ2) is 9.18. The predicted molar refractivity (Wildman–Crippen MR) is 134 cm³/mol. The van der Waals surface area contributed by atoms with Gasteiger partial charge in [0.2, 0.25) is 0 Å². The SMILES string of the molecule is CC1=Cc2cc(Oc3nc(NC4=NCC(C(C)C)=C4)cc(N4CCN(C)CC4)n3)cc(F)c2C1. The van der Waals surface area contributed by atoms with E-state index in [0.29, 0.717) is 36.0 Å². The Kier molecular flexibility index (Phi) is 6.08. The lowest BCUT2D eigenvalue weighted by molar-refractivity contribution is 0.311. The number of aromatic nitrogens is 2. The third kappa shape index (κ3) is 4.82. The molecule has 1 aliphatic carbocycles. The molecule has 0 bridgehead atoms. The zero-order valence-corrected chi connectivity index (χ0v) is 20.2. The maximum atomic E-state index is 14.7. The largest absolute Gasteiger partial charge is 0.424 e. The van der Waals surface area contributed by atoms with Crippen LogP contribution in [0.2, 0.25) is 0 Å². The summed E-state index contributed by atoms with van der Waals surface area (Å²) in [6.07, 6.45) is 4.71. The summed E-state index contributed by atoms with van der Waals surface area (Å²) >= 11 is 0. The van der Waals surface area contributed by atoms with Crippen molar-refractivity contribution >= 4 is 23.5 Å². The monoisotopic (exact) mass is 462 g/mol. The minimum Gasteiger partial charge on any atom is -0.424 e. The van der Waals surface area contributed by atoms with Crippen LogP contribution in [0.5, 0.6) is 11.8 Å². The minimum absolute atomic E-state index is 0.184. The number of allylic oxidation sites excluding steroid dienone is 1. The van der Waals surface area contributed by atoms with Gasteiger partial charge in [0.15, 0.2) is 0 Å². The number of hydrogen-bond donors (Lipinski definition) is 1. The quantitative estimate of drug-likeness (QED) is 0.705. The number of amidine groups is 1. The molecule has 0 saturated carbocycles. The highest BCUT2D eigenvalue weighted by atomic mass is 19.1. The van der Waals surface area contributed by atoms with Gasteiger partial charge < -0.3 is 19.9 Å². The van der Waals surface area contributed by atoms with Gasteiger partial charge in [0.05, 0.1) is 6.54 Å². The number of nitrogens with zero attached hydrogens (tertiary/aromatic N) is 5. The Balaban J connectivity index is 1.44. The Hall–Kier alpha value is -3.26. The van der Waals surface area contributed by atoms with Gasteiger partial charge >= 0.3 is 6.01 Å². The standard InChI is InChI=1S/C26H31FN6O/c1-16(2)19-12-23(28-15-19)29-24-14-25(33-7-5-32(4)6-8-33)31-26(30-24)34-20-11-18-9-17(3)10-21(18)22(27)13-20/h9,11-14,16H,5-8,10,15H2,1-4H3,(H,28,29,30,31). The van der Waals surface area contributed by atoms with E-state index in [1.807, 2.05) is 25.1 Å². The lowest BCUT2D eigenvalue weighted by Gasteiger charge is -2.33. The molecule has 0 unspecified atom stereocenters. The van der Waals surface area contributed by atoms with Gasteiger partial charge in [-0.2, -0.15) is 9.97 Å². The highest BCUT2D eigenvalue weighted by Gasteiger charge is 2.21. The zero-order valence-electron chi connectivity index (χ0n) is 20.2. The highest BCUT2D eigenvalue weighted by Crippen LogP contribution is 2.33. The number of hydrogen-bond acceptors (Lipinski definition) is 7. The number of piperazine rings is 1. The molecular formula is C26H31FN6O. The molecule has 1 saturated heterocycles. The van der Waals surface area contributed by atoms with Gasteiger partial charge in [-0.05, 0) is 55.2 Å². The number of fused-ring (bicyclic) bond motifs is 1.